The normalized spacial score (nSPS) is 10.6. The molecule has 22 heavy (non-hydrogen) atoms. The van der Waals surface area contributed by atoms with E-state index in [0.29, 0.717) is 28.1 Å². The monoisotopic (exact) mass is 298 g/mol. The molecule has 0 saturated heterocycles. The van der Waals surface area contributed by atoms with Crippen molar-refractivity contribution in [3.8, 4) is 17.2 Å². The number of hydrogen-bond acceptors (Lipinski definition) is 4. The molecule has 0 saturated carbocycles. The van der Waals surface area contributed by atoms with Crippen LogP contribution in [0.1, 0.15) is 0 Å². The van der Waals surface area contributed by atoms with Crippen molar-refractivity contribution in [1.29, 1.82) is 0 Å². The van der Waals surface area contributed by atoms with E-state index in [0.717, 1.165) is 4.57 Å². The zero-order valence-electron chi connectivity index (χ0n) is 12.1. The number of nitrogens with one attached hydrogen (secondary N) is 1. The Hall–Kier alpha value is -3.02. The minimum Gasteiger partial charge on any atom is -0.497 e. The molecule has 2 aromatic carbocycles. The maximum atomic E-state index is 12.7. The lowest BCUT2D eigenvalue weighted by molar-refractivity contribution is 0.414. The standard InChI is InChI=1S/C16H14N2O4/c1-21-11-5-3-4-10(8-11)18-15(19)13-9-12(22-2)6-7-14(13)17-16(18)20/h3-9H,1-2H3,(H,17,20). The SMILES string of the molecule is COc1cccc(-n2c(=O)[nH]c3ccc(OC)cc3c2=O)c1. The van der Waals surface area contributed by atoms with Crippen molar-refractivity contribution < 1.29 is 9.47 Å². The molecule has 6 nitrogen and oxygen atoms in total. The molecule has 0 unspecified atom stereocenters. The van der Waals surface area contributed by atoms with Crippen LogP contribution in [-0.2, 0) is 0 Å². The lowest BCUT2D eigenvalue weighted by Crippen LogP contribution is -2.33. The van der Waals surface area contributed by atoms with Crippen molar-refractivity contribution in [1.82, 2.24) is 9.55 Å². The third-order valence-corrected chi connectivity index (χ3v) is 3.42. The largest absolute Gasteiger partial charge is 0.497 e. The Balaban J connectivity index is 2.33. The Morgan fingerprint density at radius 3 is 2.41 bits per heavy atom. The van der Waals surface area contributed by atoms with E-state index < -0.39 is 11.2 Å². The molecule has 0 aliphatic carbocycles. The van der Waals surface area contributed by atoms with Gasteiger partial charge in [-0.3, -0.25) is 4.79 Å². The minimum absolute atomic E-state index is 0.377. The molecule has 0 spiro atoms. The molecule has 1 N–H and O–H groups in total. The number of hydrogen-bond donors (Lipinski definition) is 1. The quantitative estimate of drug-likeness (QED) is 0.798. The number of H-pyrrole nitrogens is 1. The van der Waals surface area contributed by atoms with Crippen LogP contribution in [-0.4, -0.2) is 23.8 Å². The van der Waals surface area contributed by atoms with Crippen LogP contribution in [0.25, 0.3) is 16.6 Å². The van der Waals surface area contributed by atoms with Gasteiger partial charge in [-0.25, -0.2) is 9.36 Å². The molecule has 0 aliphatic rings. The lowest BCUT2D eigenvalue weighted by atomic mass is 10.2. The molecule has 0 aliphatic heterocycles. The summed E-state index contributed by atoms with van der Waals surface area (Å²) in [6.07, 6.45) is 0. The third kappa shape index (κ3) is 2.24. The number of methoxy groups -OCH3 is 2. The van der Waals surface area contributed by atoms with Crippen molar-refractivity contribution in [2.75, 3.05) is 14.2 Å². The molecule has 0 radical (unpaired) electrons. The molecule has 0 bridgehead atoms. The summed E-state index contributed by atoms with van der Waals surface area (Å²) >= 11 is 0. The number of aromatic amines is 1. The van der Waals surface area contributed by atoms with E-state index in [1.807, 2.05) is 0 Å². The van der Waals surface area contributed by atoms with Gasteiger partial charge < -0.3 is 14.5 Å². The highest BCUT2D eigenvalue weighted by Crippen LogP contribution is 2.17. The molecular formula is C16H14N2O4. The van der Waals surface area contributed by atoms with E-state index in [2.05, 4.69) is 4.98 Å². The van der Waals surface area contributed by atoms with Crippen LogP contribution in [0.4, 0.5) is 0 Å². The fourth-order valence-electron chi connectivity index (χ4n) is 2.30. The maximum absolute atomic E-state index is 12.7. The Morgan fingerprint density at radius 1 is 0.955 bits per heavy atom. The van der Waals surface area contributed by atoms with E-state index in [-0.39, 0.29) is 0 Å². The summed E-state index contributed by atoms with van der Waals surface area (Å²) in [6, 6.07) is 11.7. The van der Waals surface area contributed by atoms with Crippen molar-refractivity contribution in [3.05, 3.63) is 63.3 Å². The average molecular weight is 298 g/mol. The Morgan fingerprint density at radius 2 is 1.68 bits per heavy atom. The highest BCUT2D eigenvalue weighted by Gasteiger charge is 2.11. The second-order valence-corrected chi connectivity index (χ2v) is 4.68. The number of aromatic nitrogens is 2. The topological polar surface area (TPSA) is 73.3 Å². The number of nitrogens with zero attached hydrogens (tertiary/aromatic N) is 1. The van der Waals surface area contributed by atoms with Gasteiger partial charge in [-0.1, -0.05) is 6.07 Å². The summed E-state index contributed by atoms with van der Waals surface area (Å²) < 4.78 is 11.3. The summed E-state index contributed by atoms with van der Waals surface area (Å²) in [5, 5.41) is 0.377. The number of benzene rings is 2. The van der Waals surface area contributed by atoms with Crippen LogP contribution in [0.5, 0.6) is 11.5 Å². The van der Waals surface area contributed by atoms with E-state index in [9.17, 15) is 9.59 Å². The van der Waals surface area contributed by atoms with Gasteiger partial charge in [0.2, 0.25) is 0 Å². The number of rotatable bonds is 3. The highest BCUT2D eigenvalue weighted by atomic mass is 16.5. The van der Waals surface area contributed by atoms with E-state index >= 15 is 0 Å². The van der Waals surface area contributed by atoms with Crippen molar-refractivity contribution in [2.45, 2.75) is 0 Å². The zero-order valence-corrected chi connectivity index (χ0v) is 12.1. The first-order valence-corrected chi connectivity index (χ1v) is 6.61. The second kappa shape index (κ2) is 5.40. The van der Waals surface area contributed by atoms with Gasteiger partial charge in [0, 0.05) is 6.07 Å². The van der Waals surface area contributed by atoms with Gasteiger partial charge >= 0.3 is 5.69 Å². The van der Waals surface area contributed by atoms with Gasteiger partial charge in [-0.2, -0.15) is 0 Å². The molecule has 3 rings (SSSR count). The van der Waals surface area contributed by atoms with Gasteiger partial charge in [0.1, 0.15) is 11.5 Å². The van der Waals surface area contributed by atoms with Crippen LogP contribution >= 0.6 is 0 Å². The molecule has 1 aromatic heterocycles. The van der Waals surface area contributed by atoms with Crippen LogP contribution in [0.2, 0.25) is 0 Å². The Labute approximate surface area is 125 Å². The number of ether oxygens (including phenoxy) is 2. The van der Waals surface area contributed by atoms with Crippen LogP contribution in [0, 0.1) is 0 Å². The first-order chi connectivity index (χ1) is 10.6. The van der Waals surface area contributed by atoms with Crippen molar-refractivity contribution >= 4 is 10.9 Å². The van der Waals surface area contributed by atoms with Gasteiger partial charge in [0.25, 0.3) is 5.56 Å². The predicted molar refractivity (Wildman–Crippen MR) is 83.3 cm³/mol. The molecule has 0 fully saturated rings. The van der Waals surface area contributed by atoms with Crippen LogP contribution < -0.4 is 20.7 Å². The van der Waals surface area contributed by atoms with Gasteiger partial charge in [0.05, 0.1) is 30.8 Å². The molecular weight excluding hydrogens is 284 g/mol. The Kier molecular flexibility index (Phi) is 3.42. The summed E-state index contributed by atoms with van der Waals surface area (Å²) in [6.45, 7) is 0. The fourth-order valence-corrected chi connectivity index (χ4v) is 2.30. The lowest BCUT2D eigenvalue weighted by Gasteiger charge is -2.08. The van der Waals surface area contributed by atoms with Gasteiger partial charge in [-0.05, 0) is 30.3 Å². The van der Waals surface area contributed by atoms with E-state index in [1.165, 1.54) is 14.2 Å². The fraction of sp³-hybridized carbons (Fsp3) is 0.125. The summed E-state index contributed by atoms with van der Waals surface area (Å²) in [5.74, 6) is 1.11. The molecule has 0 atom stereocenters. The first kappa shape index (κ1) is 13.9. The second-order valence-electron chi connectivity index (χ2n) is 4.68. The minimum atomic E-state index is -0.504. The van der Waals surface area contributed by atoms with Crippen LogP contribution in [0.15, 0.2) is 52.1 Å². The van der Waals surface area contributed by atoms with Gasteiger partial charge in [0.15, 0.2) is 0 Å². The Bertz CT molecular complexity index is 956. The summed E-state index contributed by atoms with van der Waals surface area (Å²) in [7, 11) is 3.05. The maximum Gasteiger partial charge on any atom is 0.333 e. The van der Waals surface area contributed by atoms with Crippen molar-refractivity contribution in [3.63, 3.8) is 0 Å². The van der Waals surface area contributed by atoms with Crippen molar-refractivity contribution in [2.24, 2.45) is 0 Å². The van der Waals surface area contributed by atoms with Gasteiger partial charge in [-0.15, -0.1) is 0 Å². The zero-order chi connectivity index (χ0) is 15.7. The summed E-state index contributed by atoms with van der Waals surface area (Å²) in [4.78, 5) is 27.6. The van der Waals surface area contributed by atoms with E-state index in [4.69, 9.17) is 9.47 Å². The van der Waals surface area contributed by atoms with E-state index in [1.54, 1.807) is 42.5 Å². The predicted octanol–water partition coefficient (Wildman–Crippen LogP) is 1.70. The number of fused-ring (bicyclic) bond motifs is 1. The molecule has 112 valence electrons. The van der Waals surface area contributed by atoms with Crippen LogP contribution in [0.3, 0.4) is 0 Å². The highest BCUT2D eigenvalue weighted by molar-refractivity contribution is 5.79. The molecule has 0 amide bonds. The molecule has 3 aromatic rings. The third-order valence-electron chi connectivity index (χ3n) is 3.42. The molecule has 6 heteroatoms. The summed E-state index contributed by atoms with van der Waals surface area (Å²) in [5.41, 5.74) is -0.00733. The smallest absolute Gasteiger partial charge is 0.333 e. The first-order valence-electron chi connectivity index (χ1n) is 6.61. The average Bonchev–Trinajstić information content (AvgIpc) is 2.55. The molecule has 1 heterocycles.